The maximum Gasteiger partial charge on any atom is 0.423 e. The van der Waals surface area contributed by atoms with Crippen LogP contribution in [0, 0.1) is 10.1 Å². The summed E-state index contributed by atoms with van der Waals surface area (Å²) in [6.45, 7) is 0. The van der Waals surface area contributed by atoms with Gasteiger partial charge in [0.1, 0.15) is 5.56 Å². The highest BCUT2D eigenvalue weighted by molar-refractivity contribution is 9.10. The molecule has 0 bridgehead atoms. The second-order valence-electron chi connectivity index (χ2n) is 2.81. The van der Waals surface area contributed by atoms with Gasteiger partial charge in [0.15, 0.2) is 0 Å². The Kier molecular flexibility index (Phi) is 3.80. The standard InChI is InChI=1S/C8H4BrClF3NO2/c9-6-2-1-5(8(11,12)13)7(14(15)16)4(6)3-10/h1-2H,3H2. The topological polar surface area (TPSA) is 43.1 Å². The largest absolute Gasteiger partial charge is 0.423 e. The van der Waals surface area contributed by atoms with Crippen molar-refractivity contribution in [1.82, 2.24) is 0 Å². The molecule has 0 amide bonds. The first-order chi connectivity index (χ1) is 7.29. The Morgan fingerprint density at radius 2 is 2.00 bits per heavy atom. The number of hydrogen-bond donors (Lipinski definition) is 0. The van der Waals surface area contributed by atoms with Crippen LogP contribution in [0.15, 0.2) is 16.6 Å². The lowest BCUT2D eigenvalue weighted by Gasteiger charge is -2.10. The normalized spacial score (nSPS) is 11.6. The molecule has 0 saturated carbocycles. The molecule has 1 rings (SSSR count). The molecule has 0 saturated heterocycles. The van der Waals surface area contributed by atoms with Crippen molar-refractivity contribution < 1.29 is 18.1 Å². The van der Waals surface area contributed by atoms with E-state index in [2.05, 4.69) is 15.9 Å². The van der Waals surface area contributed by atoms with Gasteiger partial charge < -0.3 is 0 Å². The SMILES string of the molecule is O=[N+]([O-])c1c(C(F)(F)F)ccc(Br)c1CCl. The minimum atomic E-state index is -4.77. The van der Waals surface area contributed by atoms with Crippen LogP contribution in [0.2, 0.25) is 0 Å². The third-order valence-corrected chi connectivity index (χ3v) is 2.86. The Bertz CT molecular complexity index is 436. The predicted molar refractivity (Wildman–Crippen MR) is 55.4 cm³/mol. The summed E-state index contributed by atoms with van der Waals surface area (Å²) in [5.41, 5.74) is -2.48. The lowest BCUT2D eigenvalue weighted by atomic mass is 10.1. The molecule has 16 heavy (non-hydrogen) atoms. The molecule has 0 aliphatic rings. The van der Waals surface area contributed by atoms with Crippen LogP contribution < -0.4 is 0 Å². The fraction of sp³-hybridized carbons (Fsp3) is 0.250. The summed E-state index contributed by atoms with van der Waals surface area (Å²) in [5.74, 6) is -0.374. The summed E-state index contributed by atoms with van der Waals surface area (Å²) in [5, 5.41) is 10.6. The van der Waals surface area contributed by atoms with Gasteiger partial charge in [0.25, 0.3) is 5.69 Å². The second kappa shape index (κ2) is 4.58. The van der Waals surface area contributed by atoms with E-state index in [-0.39, 0.29) is 15.9 Å². The molecule has 0 atom stereocenters. The second-order valence-corrected chi connectivity index (χ2v) is 3.93. The molecule has 0 spiro atoms. The molecule has 0 unspecified atom stereocenters. The lowest BCUT2D eigenvalue weighted by molar-refractivity contribution is -0.388. The van der Waals surface area contributed by atoms with Gasteiger partial charge in [0.2, 0.25) is 0 Å². The Balaban J connectivity index is 3.58. The highest BCUT2D eigenvalue weighted by Crippen LogP contribution is 2.40. The number of nitro groups is 1. The Labute approximate surface area is 101 Å². The maximum atomic E-state index is 12.5. The van der Waals surface area contributed by atoms with Crippen molar-refractivity contribution in [1.29, 1.82) is 0 Å². The van der Waals surface area contributed by atoms with E-state index < -0.39 is 22.4 Å². The summed E-state index contributed by atoms with van der Waals surface area (Å²) >= 11 is 8.32. The quantitative estimate of drug-likeness (QED) is 0.468. The molecule has 0 heterocycles. The molecule has 3 nitrogen and oxygen atoms in total. The average Bonchev–Trinajstić information content (AvgIpc) is 2.14. The molecule has 0 N–H and O–H groups in total. The van der Waals surface area contributed by atoms with Crippen LogP contribution >= 0.6 is 27.5 Å². The molecule has 8 heteroatoms. The van der Waals surface area contributed by atoms with Crippen molar-refractivity contribution in [2.45, 2.75) is 12.1 Å². The third-order valence-electron chi connectivity index (χ3n) is 1.85. The van der Waals surface area contributed by atoms with Crippen molar-refractivity contribution in [3.8, 4) is 0 Å². The minimum absolute atomic E-state index is 0.179. The van der Waals surface area contributed by atoms with Crippen molar-refractivity contribution in [2.75, 3.05) is 0 Å². The minimum Gasteiger partial charge on any atom is -0.258 e. The van der Waals surface area contributed by atoms with Crippen LogP contribution in [-0.4, -0.2) is 4.92 Å². The van der Waals surface area contributed by atoms with Gasteiger partial charge in [-0.3, -0.25) is 10.1 Å². The van der Waals surface area contributed by atoms with Gasteiger partial charge in [-0.05, 0) is 12.1 Å². The predicted octanol–water partition coefficient (Wildman–Crippen LogP) is 4.11. The van der Waals surface area contributed by atoms with Crippen molar-refractivity contribution in [2.24, 2.45) is 0 Å². The summed E-state index contributed by atoms with van der Waals surface area (Å²) in [6, 6.07) is 1.74. The fourth-order valence-electron chi connectivity index (χ4n) is 1.18. The molecular formula is C8H4BrClF3NO2. The van der Waals surface area contributed by atoms with Gasteiger partial charge in [-0.2, -0.15) is 13.2 Å². The molecule has 0 fully saturated rings. The van der Waals surface area contributed by atoms with Gasteiger partial charge in [0.05, 0.1) is 16.4 Å². The van der Waals surface area contributed by atoms with E-state index in [9.17, 15) is 23.3 Å². The number of nitrogens with zero attached hydrogens (tertiary/aromatic N) is 1. The van der Waals surface area contributed by atoms with Gasteiger partial charge in [-0.1, -0.05) is 15.9 Å². The number of halogens is 5. The summed E-state index contributed by atoms with van der Waals surface area (Å²) in [6.07, 6.45) is -4.77. The van der Waals surface area contributed by atoms with Crippen LogP contribution in [0.1, 0.15) is 11.1 Å². The maximum absolute atomic E-state index is 12.5. The Morgan fingerprint density at radius 3 is 2.38 bits per heavy atom. The molecule has 1 aromatic rings. The van der Waals surface area contributed by atoms with E-state index in [0.29, 0.717) is 6.07 Å². The zero-order chi connectivity index (χ0) is 12.5. The van der Waals surface area contributed by atoms with Gasteiger partial charge in [-0.25, -0.2) is 0 Å². The first-order valence-electron chi connectivity index (χ1n) is 3.88. The van der Waals surface area contributed by atoms with Crippen LogP contribution in [0.4, 0.5) is 18.9 Å². The Hall–Kier alpha value is -0.820. The zero-order valence-electron chi connectivity index (χ0n) is 7.52. The molecule has 0 aliphatic carbocycles. The van der Waals surface area contributed by atoms with Gasteiger partial charge in [-0.15, -0.1) is 11.6 Å². The first-order valence-corrected chi connectivity index (χ1v) is 5.20. The van der Waals surface area contributed by atoms with E-state index >= 15 is 0 Å². The number of nitro benzene ring substituents is 1. The number of hydrogen-bond acceptors (Lipinski definition) is 2. The Morgan fingerprint density at radius 1 is 1.44 bits per heavy atom. The zero-order valence-corrected chi connectivity index (χ0v) is 9.86. The van der Waals surface area contributed by atoms with E-state index in [4.69, 9.17) is 11.6 Å². The first kappa shape index (κ1) is 13.2. The van der Waals surface area contributed by atoms with Gasteiger partial charge >= 0.3 is 6.18 Å². The van der Waals surface area contributed by atoms with Crippen LogP contribution in [-0.2, 0) is 12.1 Å². The lowest BCUT2D eigenvalue weighted by Crippen LogP contribution is -2.10. The molecular weight excluding hydrogens is 314 g/mol. The van der Waals surface area contributed by atoms with Crippen molar-refractivity contribution in [3.05, 3.63) is 37.8 Å². The summed E-state index contributed by atoms with van der Waals surface area (Å²) < 4.78 is 37.7. The van der Waals surface area contributed by atoms with Crippen LogP contribution in [0.5, 0.6) is 0 Å². The smallest absolute Gasteiger partial charge is 0.258 e. The van der Waals surface area contributed by atoms with Gasteiger partial charge in [0, 0.05) is 4.47 Å². The molecule has 1 aromatic carbocycles. The van der Waals surface area contributed by atoms with Crippen LogP contribution in [0.3, 0.4) is 0 Å². The fourth-order valence-corrected chi connectivity index (χ4v) is 2.07. The number of alkyl halides is 4. The molecule has 0 aliphatic heterocycles. The monoisotopic (exact) mass is 317 g/mol. The van der Waals surface area contributed by atoms with Crippen molar-refractivity contribution >= 4 is 33.2 Å². The molecule has 0 aromatic heterocycles. The number of rotatable bonds is 2. The van der Waals surface area contributed by atoms with E-state index in [1.165, 1.54) is 0 Å². The van der Waals surface area contributed by atoms with E-state index in [1.54, 1.807) is 0 Å². The van der Waals surface area contributed by atoms with E-state index in [0.717, 1.165) is 6.07 Å². The molecule has 0 radical (unpaired) electrons. The molecule has 88 valence electrons. The van der Waals surface area contributed by atoms with Crippen molar-refractivity contribution in [3.63, 3.8) is 0 Å². The summed E-state index contributed by atoms with van der Waals surface area (Å²) in [7, 11) is 0. The van der Waals surface area contributed by atoms with E-state index in [1.807, 2.05) is 0 Å². The highest BCUT2D eigenvalue weighted by Gasteiger charge is 2.40. The third kappa shape index (κ3) is 2.46. The van der Waals surface area contributed by atoms with Crippen LogP contribution in [0.25, 0.3) is 0 Å². The summed E-state index contributed by atoms with van der Waals surface area (Å²) in [4.78, 5) is 9.55. The average molecular weight is 318 g/mol. The highest BCUT2D eigenvalue weighted by atomic mass is 79.9. The number of benzene rings is 1.